The third-order valence-electron chi connectivity index (χ3n) is 9.47. The Kier molecular flexibility index (Phi) is 19.0. The number of rotatable bonds is 23. The van der Waals surface area contributed by atoms with Crippen LogP contribution in [-0.4, -0.2) is 45.4 Å². The van der Waals surface area contributed by atoms with E-state index in [4.69, 9.17) is 18.6 Å². The van der Waals surface area contributed by atoms with Crippen LogP contribution in [0.3, 0.4) is 0 Å². The van der Waals surface area contributed by atoms with Gasteiger partial charge < -0.3 is 18.6 Å². The molecule has 0 aliphatic carbocycles. The predicted molar refractivity (Wildman–Crippen MR) is 194 cm³/mol. The van der Waals surface area contributed by atoms with E-state index in [0.717, 1.165) is 42.1 Å². The Bertz CT molecular complexity index is 912. The average molecular weight is 694 g/mol. The molecule has 0 spiro atoms. The van der Waals surface area contributed by atoms with Crippen molar-refractivity contribution in [1.29, 1.82) is 0 Å². The molecule has 0 saturated carbocycles. The van der Waals surface area contributed by atoms with Gasteiger partial charge in [0, 0.05) is 4.47 Å². The second kappa shape index (κ2) is 21.2. The van der Waals surface area contributed by atoms with Gasteiger partial charge in [-0.05, 0) is 61.5 Å². The Labute approximate surface area is 281 Å². The number of hydrogen-bond donors (Lipinski definition) is 0. The molecule has 252 valence electrons. The molecule has 6 heteroatoms. The van der Waals surface area contributed by atoms with Gasteiger partial charge in [0.1, 0.15) is 12.2 Å². The second-order valence-electron chi connectivity index (χ2n) is 14.3. The largest absolute Gasteiger partial charge is 0.411 e. The van der Waals surface area contributed by atoms with Gasteiger partial charge in [-0.2, -0.15) is 0 Å². The summed E-state index contributed by atoms with van der Waals surface area (Å²) in [4.78, 5) is 0. The highest BCUT2D eigenvalue weighted by Crippen LogP contribution is 2.39. The first-order chi connectivity index (χ1) is 21.0. The van der Waals surface area contributed by atoms with Crippen LogP contribution in [0.5, 0.6) is 0 Å². The summed E-state index contributed by atoms with van der Waals surface area (Å²) in [5, 5.41) is 0.128. The standard InChI is InChI=1S/C38H65BrO4Si/c1-9-12-13-14-15-16-17-18-19-20-23-37(43-44(7,8)38(4,5)6)35(11-3)42-34(10-2)36-24-21-22-33(41-36)30-40-29-31-25-27-32(39)28-26-31/h10-11,25-28,33-37H,2-3,9,12-24,29-30H2,1,4-8H3/t33-,34+,35+,36+,37+/m0/s1. The summed E-state index contributed by atoms with van der Waals surface area (Å²) in [6.45, 7) is 23.4. The molecule has 1 aromatic carbocycles. The average Bonchev–Trinajstić information content (AvgIpc) is 2.99. The van der Waals surface area contributed by atoms with Gasteiger partial charge in [-0.15, -0.1) is 13.2 Å². The van der Waals surface area contributed by atoms with Crippen LogP contribution < -0.4 is 0 Å². The number of halogens is 1. The molecule has 5 atom stereocenters. The molecule has 44 heavy (non-hydrogen) atoms. The Morgan fingerprint density at radius 1 is 0.932 bits per heavy atom. The van der Waals surface area contributed by atoms with Crippen molar-refractivity contribution in [2.24, 2.45) is 0 Å². The van der Waals surface area contributed by atoms with Gasteiger partial charge >= 0.3 is 0 Å². The van der Waals surface area contributed by atoms with Gasteiger partial charge in [0.2, 0.25) is 0 Å². The van der Waals surface area contributed by atoms with Crippen LogP contribution in [0.1, 0.15) is 123 Å². The summed E-state index contributed by atoms with van der Waals surface area (Å²) in [6.07, 6.45) is 20.7. The molecule has 1 fully saturated rings. The molecule has 0 bridgehead atoms. The molecule has 0 N–H and O–H groups in total. The predicted octanol–water partition coefficient (Wildman–Crippen LogP) is 11.7. The van der Waals surface area contributed by atoms with Crippen molar-refractivity contribution in [2.75, 3.05) is 6.61 Å². The molecule has 2 rings (SSSR count). The lowest BCUT2D eigenvalue weighted by atomic mass is 9.99. The van der Waals surface area contributed by atoms with Crippen LogP contribution in [0.4, 0.5) is 0 Å². The van der Waals surface area contributed by atoms with E-state index >= 15 is 0 Å². The number of benzene rings is 1. The normalized spacial score (nSPS) is 19.8. The first-order valence-electron chi connectivity index (χ1n) is 17.6. The second-order valence-corrected chi connectivity index (χ2v) is 20.0. The molecule has 1 aliphatic rings. The van der Waals surface area contributed by atoms with Gasteiger partial charge in [0.15, 0.2) is 8.32 Å². The topological polar surface area (TPSA) is 36.9 Å². The van der Waals surface area contributed by atoms with Crippen LogP contribution in [0.25, 0.3) is 0 Å². The van der Waals surface area contributed by atoms with Crippen molar-refractivity contribution in [2.45, 2.75) is 173 Å². The molecule has 1 aromatic rings. The zero-order chi connectivity index (χ0) is 32.4. The lowest BCUT2D eigenvalue weighted by molar-refractivity contribution is -0.148. The first kappa shape index (κ1) is 39.4. The molecule has 4 nitrogen and oxygen atoms in total. The highest BCUT2D eigenvalue weighted by atomic mass is 79.9. The van der Waals surface area contributed by atoms with E-state index in [-0.39, 0.29) is 35.6 Å². The quantitative estimate of drug-likeness (QED) is 0.0649. The van der Waals surface area contributed by atoms with Crippen LogP contribution in [-0.2, 0) is 25.2 Å². The third-order valence-corrected chi connectivity index (χ3v) is 14.5. The fourth-order valence-corrected chi connectivity index (χ4v) is 7.26. The molecule has 0 aromatic heterocycles. The number of ether oxygens (including phenoxy) is 3. The first-order valence-corrected chi connectivity index (χ1v) is 21.3. The maximum atomic E-state index is 7.04. The van der Waals surface area contributed by atoms with Crippen LogP contribution in [0.15, 0.2) is 54.0 Å². The summed E-state index contributed by atoms with van der Waals surface area (Å²) >= 11 is 3.50. The van der Waals surface area contributed by atoms with Crippen molar-refractivity contribution >= 4 is 24.2 Å². The van der Waals surface area contributed by atoms with E-state index in [1.165, 1.54) is 57.8 Å². The van der Waals surface area contributed by atoms with E-state index < -0.39 is 8.32 Å². The van der Waals surface area contributed by atoms with E-state index in [1.807, 2.05) is 24.3 Å². The maximum absolute atomic E-state index is 7.04. The minimum absolute atomic E-state index is 0.0153. The molecule has 1 aliphatic heterocycles. The monoisotopic (exact) mass is 692 g/mol. The van der Waals surface area contributed by atoms with Crippen LogP contribution >= 0.6 is 15.9 Å². The van der Waals surface area contributed by atoms with Crippen LogP contribution in [0.2, 0.25) is 18.1 Å². The molecule has 1 saturated heterocycles. The van der Waals surface area contributed by atoms with Crippen molar-refractivity contribution < 1.29 is 18.6 Å². The summed E-state index contributed by atoms with van der Waals surface area (Å²) in [5.41, 5.74) is 1.16. The molecule has 1 heterocycles. The van der Waals surface area contributed by atoms with Crippen molar-refractivity contribution in [3.05, 3.63) is 59.6 Å². The molecule has 0 unspecified atom stereocenters. The minimum Gasteiger partial charge on any atom is -0.411 e. The SMILES string of the molecule is C=C[C@@H](O[C@H](C=C)[C@@H](CCCCCCCCCCCC)O[Si](C)(C)C(C)(C)C)[C@H]1CCC[C@@H](COCc2ccc(Br)cc2)O1. The van der Waals surface area contributed by atoms with Crippen molar-refractivity contribution in [3.63, 3.8) is 0 Å². The smallest absolute Gasteiger partial charge is 0.192 e. The van der Waals surface area contributed by atoms with Crippen LogP contribution in [0, 0.1) is 0 Å². The fourth-order valence-electron chi connectivity index (χ4n) is 5.63. The zero-order valence-electron chi connectivity index (χ0n) is 29.1. The van der Waals surface area contributed by atoms with E-state index in [9.17, 15) is 0 Å². The summed E-state index contributed by atoms with van der Waals surface area (Å²) in [6, 6.07) is 8.27. The summed E-state index contributed by atoms with van der Waals surface area (Å²) < 4.78 is 27.5. The van der Waals surface area contributed by atoms with Crippen molar-refractivity contribution in [1.82, 2.24) is 0 Å². The Hall–Kier alpha value is -0.763. The van der Waals surface area contributed by atoms with E-state index in [2.05, 4.69) is 82.0 Å². The molecular weight excluding hydrogens is 628 g/mol. The molecule has 0 amide bonds. The minimum atomic E-state index is -2.01. The summed E-state index contributed by atoms with van der Waals surface area (Å²) in [7, 11) is -2.01. The highest BCUT2D eigenvalue weighted by molar-refractivity contribution is 9.10. The lowest BCUT2D eigenvalue weighted by Crippen LogP contribution is -2.49. The van der Waals surface area contributed by atoms with Gasteiger partial charge in [-0.3, -0.25) is 0 Å². The molecular formula is C38H65BrO4Si. The number of unbranched alkanes of at least 4 members (excludes halogenated alkanes) is 9. The number of hydrogen-bond acceptors (Lipinski definition) is 4. The fraction of sp³-hybridized carbons (Fsp3) is 0.737. The highest BCUT2D eigenvalue weighted by Gasteiger charge is 2.41. The third kappa shape index (κ3) is 14.8. The maximum Gasteiger partial charge on any atom is 0.192 e. The Morgan fingerprint density at radius 2 is 1.55 bits per heavy atom. The van der Waals surface area contributed by atoms with Crippen molar-refractivity contribution in [3.8, 4) is 0 Å². The van der Waals surface area contributed by atoms with E-state index in [0.29, 0.717) is 13.2 Å². The van der Waals surface area contributed by atoms with Gasteiger partial charge in [0.05, 0.1) is 31.5 Å². The molecule has 0 radical (unpaired) electrons. The summed E-state index contributed by atoms with van der Waals surface area (Å²) in [5.74, 6) is 0. The Morgan fingerprint density at radius 3 is 2.11 bits per heavy atom. The lowest BCUT2D eigenvalue weighted by Gasteiger charge is -2.42. The van der Waals surface area contributed by atoms with E-state index in [1.54, 1.807) is 0 Å². The zero-order valence-corrected chi connectivity index (χ0v) is 31.7. The van der Waals surface area contributed by atoms with Gasteiger partial charge in [-0.25, -0.2) is 0 Å². The Balaban J connectivity index is 1.93. The van der Waals surface area contributed by atoms with Gasteiger partial charge in [-0.1, -0.05) is 132 Å². The van der Waals surface area contributed by atoms with Gasteiger partial charge in [0.25, 0.3) is 0 Å².